The molecule has 0 bridgehead atoms. The Morgan fingerprint density at radius 2 is 2.43 bits per heavy atom. The van der Waals surface area contributed by atoms with E-state index in [-0.39, 0.29) is 5.91 Å². The van der Waals surface area contributed by atoms with Crippen molar-refractivity contribution in [2.45, 2.75) is 19.8 Å². The monoisotopic (exact) mass is 326 g/mol. The largest absolute Gasteiger partial charge is 0.337 e. The molecule has 1 aliphatic heterocycles. The molecule has 118 valence electrons. The molecule has 0 aliphatic carbocycles. The number of nitrogens with one attached hydrogen (secondary N) is 1. The summed E-state index contributed by atoms with van der Waals surface area (Å²) >= 11 is 1.72. The Morgan fingerprint density at radius 3 is 3.22 bits per heavy atom. The van der Waals surface area contributed by atoms with Gasteiger partial charge in [0.1, 0.15) is 11.3 Å². The third-order valence-corrected chi connectivity index (χ3v) is 5.31. The normalized spacial score (nSPS) is 18.0. The Bertz CT molecular complexity index is 820. The molecular formula is C17H18N4OS. The van der Waals surface area contributed by atoms with Crippen LogP contribution in [0.15, 0.2) is 29.8 Å². The molecule has 0 radical (unpaired) electrons. The molecule has 4 rings (SSSR count). The van der Waals surface area contributed by atoms with Crippen LogP contribution in [0.25, 0.3) is 11.0 Å². The van der Waals surface area contributed by atoms with Crippen molar-refractivity contribution in [3.63, 3.8) is 0 Å². The Morgan fingerprint density at radius 1 is 1.52 bits per heavy atom. The lowest BCUT2D eigenvalue weighted by atomic mass is 10.1. The van der Waals surface area contributed by atoms with Gasteiger partial charge in [-0.15, -0.1) is 11.3 Å². The van der Waals surface area contributed by atoms with Gasteiger partial charge in [0, 0.05) is 42.2 Å². The van der Waals surface area contributed by atoms with Crippen LogP contribution in [0.3, 0.4) is 0 Å². The summed E-state index contributed by atoms with van der Waals surface area (Å²) in [5.41, 5.74) is 2.48. The SMILES string of the molecule is Cc1csc(CC2CCN(C(=O)c3cc4cccnc4[nH]3)C2)n1. The second-order valence-corrected chi connectivity index (χ2v) is 7.06. The fourth-order valence-corrected chi connectivity index (χ4v) is 4.06. The Labute approximate surface area is 138 Å². The number of aryl methyl sites for hydroxylation is 1. The van der Waals surface area contributed by atoms with E-state index in [1.54, 1.807) is 17.5 Å². The van der Waals surface area contributed by atoms with Crippen LogP contribution in [0.1, 0.15) is 27.6 Å². The van der Waals surface area contributed by atoms with Crippen molar-refractivity contribution in [1.29, 1.82) is 0 Å². The zero-order valence-corrected chi connectivity index (χ0v) is 13.8. The van der Waals surface area contributed by atoms with E-state index < -0.39 is 0 Å². The Kier molecular flexibility index (Phi) is 3.61. The minimum atomic E-state index is 0.0702. The molecule has 1 amide bonds. The smallest absolute Gasteiger partial charge is 0.270 e. The number of amides is 1. The van der Waals surface area contributed by atoms with Crippen molar-refractivity contribution in [1.82, 2.24) is 19.9 Å². The molecule has 0 aromatic carbocycles. The number of thiazole rings is 1. The van der Waals surface area contributed by atoms with Crippen molar-refractivity contribution in [2.75, 3.05) is 13.1 Å². The number of hydrogen-bond acceptors (Lipinski definition) is 4. The number of hydrogen-bond donors (Lipinski definition) is 1. The average Bonchev–Trinajstić information content (AvgIpc) is 3.26. The highest BCUT2D eigenvalue weighted by Crippen LogP contribution is 2.24. The van der Waals surface area contributed by atoms with E-state index in [1.165, 1.54) is 5.01 Å². The molecule has 1 aliphatic rings. The first kappa shape index (κ1) is 14.4. The maximum absolute atomic E-state index is 12.7. The Balaban J connectivity index is 1.45. The van der Waals surface area contributed by atoms with E-state index in [4.69, 9.17) is 0 Å². The summed E-state index contributed by atoms with van der Waals surface area (Å²) in [6, 6.07) is 5.74. The van der Waals surface area contributed by atoms with Crippen LogP contribution in [0.5, 0.6) is 0 Å². The fourth-order valence-electron chi connectivity index (χ4n) is 3.17. The zero-order chi connectivity index (χ0) is 15.8. The maximum Gasteiger partial charge on any atom is 0.270 e. The van der Waals surface area contributed by atoms with E-state index in [9.17, 15) is 4.79 Å². The summed E-state index contributed by atoms with van der Waals surface area (Å²) in [5.74, 6) is 0.577. The van der Waals surface area contributed by atoms with Crippen LogP contribution in [0.4, 0.5) is 0 Å². The van der Waals surface area contributed by atoms with Crippen LogP contribution in [0.2, 0.25) is 0 Å². The summed E-state index contributed by atoms with van der Waals surface area (Å²) in [6.45, 7) is 3.64. The fraction of sp³-hybridized carbons (Fsp3) is 0.353. The number of likely N-dealkylation sites (tertiary alicyclic amines) is 1. The van der Waals surface area contributed by atoms with Gasteiger partial charge in [-0.05, 0) is 37.5 Å². The average molecular weight is 326 g/mol. The molecule has 1 saturated heterocycles. The molecule has 1 N–H and O–H groups in total. The second kappa shape index (κ2) is 5.77. The van der Waals surface area contributed by atoms with Gasteiger partial charge in [0.05, 0.1) is 5.01 Å². The third kappa shape index (κ3) is 2.86. The lowest BCUT2D eigenvalue weighted by Gasteiger charge is -2.15. The van der Waals surface area contributed by atoms with Gasteiger partial charge in [-0.1, -0.05) is 0 Å². The summed E-state index contributed by atoms with van der Waals surface area (Å²) in [6.07, 6.45) is 3.74. The van der Waals surface area contributed by atoms with Crippen LogP contribution in [-0.2, 0) is 6.42 Å². The molecule has 23 heavy (non-hydrogen) atoms. The number of aromatic nitrogens is 3. The molecular weight excluding hydrogens is 308 g/mol. The van der Waals surface area contributed by atoms with E-state index in [2.05, 4.69) is 20.3 Å². The molecule has 4 heterocycles. The highest BCUT2D eigenvalue weighted by molar-refractivity contribution is 7.09. The van der Waals surface area contributed by atoms with E-state index >= 15 is 0 Å². The summed E-state index contributed by atoms with van der Waals surface area (Å²) in [4.78, 5) is 26.5. The quantitative estimate of drug-likeness (QED) is 0.805. The van der Waals surface area contributed by atoms with Crippen molar-refractivity contribution in [3.05, 3.63) is 46.2 Å². The number of carbonyl (C=O) groups excluding carboxylic acids is 1. The summed E-state index contributed by atoms with van der Waals surface area (Å²) in [7, 11) is 0. The van der Waals surface area contributed by atoms with E-state index in [0.717, 1.165) is 42.7 Å². The van der Waals surface area contributed by atoms with Crippen LogP contribution in [0, 0.1) is 12.8 Å². The van der Waals surface area contributed by atoms with Gasteiger partial charge in [0.15, 0.2) is 0 Å². The molecule has 3 aromatic rings. The van der Waals surface area contributed by atoms with E-state index in [1.807, 2.05) is 30.0 Å². The number of carbonyl (C=O) groups is 1. The molecule has 3 aromatic heterocycles. The van der Waals surface area contributed by atoms with Crippen LogP contribution < -0.4 is 0 Å². The highest BCUT2D eigenvalue weighted by atomic mass is 32.1. The highest BCUT2D eigenvalue weighted by Gasteiger charge is 2.28. The van der Waals surface area contributed by atoms with Gasteiger partial charge in [0.25, 0.3) is 5.91 Å². The predicted molar refractivity (Wildman–Crippen MR) is 90.7 cm³/mol. The van der Waals surface area contributed by atoms with Crippen molar-refractivity contribution >= 4 is 28.3 Å². The van der Waals surface area contributed by atoms with Gasteiger partial charge in [0.2, 0.25) is 0 Å². The molecule has 1 fully saturated rings. The Hall–Kier alpha value is -2.21. The minimum absolute atomic E-state index is 0.0702. The predicted octanol–water partition coefficient (Wildman–Crippen LogP) is 3.03. The van der Waals surface area contributed by atoms with Gasteiger partial charge < -0.3 is 9.88 Å². The van der Waals surface area contributed by atoms with Crippen LogP contribution in [-0.4, -0.2) is 38.8 Å². The number of rotatable bonds is 3. The van der Waals surface area contributed by atoms with Gasteiger partial charge in [-0.2, -0.15) is 0 Å². The van der Waals surface area contributed by atoms with Crippen molar-refractivity contribution in [2.24, 2.45) is 5.92 Å². The first-order valence-corrected chi connectivity index (χ1v) is 8.71. The number of fused-ring (bicyclic) bond motifs is 1. The molecule has 6 heteroatoms. The molecule has 0 spiro atoms. The lowest BCUT2D eigenvalue weighted by molar-refractivity contribution is 0.0782. The van der Waals surface area contributed by atoms with Crippen molar-refractivity contribution < 1.29 is 4.79 Å². The topological polar surface area (TPSA) is 61.9 Å². The number of H-pyrrole nitrogens is 1. The molecule has 1 atom stereocenters. The summed E-state index contributed by atoms with van der Waals surface area (Å²) in [5, 5.41) is 4.24. The first-order chi connectivity index (χ1) is 11.2. The number of pyridine rings is 1. The lowest BCUT2D eigenvalue weighted by Crippen LogP contribution is -2.29. The second-order valence-electron chi connectivity index (χ2n) is 6.12. The minimum Gasteiger partial charge on any atom is -0.337 e. The van der Waals surface area contributed by atoms with Gasteiger partial charge in [-0.25, -0.2) is 9.97 Å². The number of aromatic amines is 1. The molecule has 5 nitrogen and oxygen atoms in total. The zero-order valence-electron chi connectivity index (χ0n) is 13.0. The maximum atomic E-state index is 12.7. The third-order valence-electron chi connectivity index (χ3n) is 4.33. The van der Waals surface area contributed by atoms with Gasteiger partial charge >= 0.3 is 0 Å². The molecule has 1 unspecified atom stereocenters. The van der Waals surface area contributed by atoms with Gasteiger partial charge in [-0.3, -0.25) is 4.79 Å². The van der Waals surface area contributed by atoms with Crippen LogP contribution >= 0.6 is 11.3 Å². The first-order valence-electron chi connectivity index (χ1n) is 7.83. The number of nitrogens with zero attached hydrogens (tertiary/aromatic N) is 3. The van der Waals surface area contributed by atoms with E-state index in [0.29, 0.717) is 11.6 Å². The van der Waals surface area contributed by atoms with Crippen molar-refractivity contribution in [3.8, 4) is 0 Å². The summed E-state index contributed by atoms with van der Waals surface area (Å²) < 4.78 is 0. The molecule has 0 saturated carbocycles. The standard InChI is InChI=1S/C17H18N4OS/c1-11-10-23-15(19-11)7-12-4-6-21(9-12)17(22)14-8-13-3-2-5-18-16(13)20-14/h2-3,5,8,10,12H,4,6-7,9H2,1H3,(H,18,20).